The topological polar surface area (TPSA) is 83.2 Å². The summed E-state index contributed by atoms with van der Waals surface area (Å²) in [6.07, 6.45) is 2.92. The number of rotatable bonds is 5. The van der Waals surface area contributed by atoms with Crippen LogP contribution in [0.1, 0.15) is 55.2 Å². The van der Waals surface area contributed by atoms with Gasteiger partial charge in [-0.05, 0) is 39.7 Å². The number of hydrogen-bond donors (Lipinski definition) is 1. The summed E-state index contributed by atoms with van der Waals surface area (Å²) >= 11 is 0. The maximum atomic E-state index is 12.6. The molecule has 1 radical (unpaired) electrons. The zero-order valence-electron chi connectivity index (χ0n) is 15.9. The number of aromatic nitrogens is 4. The van der Waals surface area contributed by atoms with Crippen molar-refractivity contribution in [1.82, 2.24) is 19.6 Å². The van der Waals surface area contributed by atoms with E-state index in [0.717, 1.165) is 12.1 Å². The molecule has 1 saturated heterocycles. The fourth-order valence-corrected chi connectivity index (χ4v) is 3.04. The largest absolute Gasteiger partial charge is 0.378 e. The molecule has 3 heterocycles. The smallest absolute Gasteiger partial charge is 0.275 e. The first-order valence-corrected chi connectivity index (χ1v) is 8.66. The maximum Gasteiger partial charge on any atom is 0.275 e. The van der Waals surface area contributed by atoms with Crippen molar-refractivity contribution in [3.63, 3.8) is 0 Å². The van der Waals surface area contributed by atoms with Crippen LogP contribution in [0.4, 0.5) is 5.82 Å². The van der Waals surface area contributed by atoms with E-state index in [9.17, 15) is 4.79 Å². The summed E-state index contributed by atoms with van der Waals surface area (Å²) < 4.78 is 14.3. The van der Waals surface area contributed by atoms with Crippen molar-refractivity contribution in [2.75, 3.05) is 19.0 Å². The molecule has 8 heteroatoms. The molecule has 1 N–H and O–H groups in total. The standard InChI is InChI=1S/C18H26N5O3/c1-18(2,3)23-13(15-7-6-8-26-15)10-16(21-23)19-17(24)14-9-12(11-25-5)20-22(14)4/h6,9-10,15H,7-8,11H2,1-5H3,(H,19,21,24). The number of methoxy groups -OCH3 is 1. The fraction of sp³-hybridized carbons (Fsp3) is 0.556. The average Bonchev–Trinajstić information content (AvgIpc) is 3.25. The molecule has 1 unspecified atom stereocenters. The van der Waals surface area contributed by atoms with Crippen molar-refractivity contribution in [2.45, 2.75) is 45.4 Å². The summed E-state index contributed by atoms with van der Waals surface area (Å²) in [6.45, 7) is 7.22. The minimum Gasteiger partial charge on any atom is -0.378 e. The molecule has 0 saturated carbocycles. The first kappa shape index (κ1) is 18.6. The van der Waals surface area contributed by atoms with Crippen LogP contribution in [0.3, 0.4) is 0 Å². The van der Waals surface area contributed by atoms with Gasteiger partial charge in [0, 0.05) is 20.2 Å². The van der Waals surface area contributed by atoms with E-state index in [1.54, 1.807) is 24.9 Å². The van der Waals surface area contributed by atoms with Gasteiger partial charge in [0.2, 0.25) is 0 Å². The molecule has 0 aliphatic carbocycles. The number of anilines is 1. The molecule has 0 bridgehead atoms. The highest BCUT2D eigenvalue weighted by atomic mass is 16.5. The first-order valence-electron chi connectivity index (χ1n) is 8.66. The van der Waals surface area contributed by atoms with Gasteiger partial charge in [0.05, 0.1) is 36.2 Å². The molecule has 26 heavy (non-hydrogen) atoms. The van der Waals surface area contributed by atoms with E-state index < -0.39 is 0 Å². The predicted octanol–water partition coefficient (Wildman–Crippen LogP) is 2.44. The molecule has 2 aromatic rings. The minimum absolute atomic E-state index is 0.0302. The van der Waals surface area contributed by atoms with E-state index in [1.807, 2.05) is 10.7 Å². The van der Waals surface area contributed by atoms with Crippen LogP contribution in [0.15, 0.2) is 12.1 Å². The van der Waals surface area contributed by atoms with Crippen LogP contribution in [0.2, 0.25) is 0 Å². The Morgan fingerprint density at radius 1 is 1.38 bits per heavy atom. The van der Waals surface area contributed by atoms with E-state index in [-0.39, 0.29) is 17.6 Å². The lowest BCUT2D eigenvalue weighted by atomic mass is 10.1. The lowest BCUT2D eigenvalue weighted by Crippen LogP contribution is -2.26. The molecule has 8 nitrogen and oxygen atoms in total. The molecule has 1 atom stereocenters. The number of aryl methyl sites for hydroxylation is 1. The van der Waals surface area contributed by atoms with Gasteiger partial charge in [-0.2, -0.15) is 10.2 Å². The second-order valence-electron chi connectivity index (χ2n) is 7.42. The third-order valence-electron chi connectivity index (χ3n) is 4.20. The van der Waals surface area contributed by atoms with Gasteiger partial charge >= 0.3 is 0 Å². The van der Waals surface area contributed by atoms with Crippen LogP contribution in [0, 0.1) is 6.42 Å². The summed E-state index contributed by atoms with van der Waals surface area (Å²) in [4.78, 5) is 12.6. The van der Waals surface area contributed by atoms with Gasteiger partial charge in [-0.25, -0.2) is 0 Å². The van der Waals surface area contributed by atoms with Gasteiger partial charge in [0.15, 0.2) is 5.82 Å². The van der Waals surface area contributed by atoms with Crippen molar-refractivity contribution in [3.05, 3.63) is 35.6 Å². The van der Waals surface area contributed by atoms with Gasteiger partial charge in [-0.1, -0.05) is 0 Å². The van der Waals surface area contributed by atoms with Gasteiger partial charge < -0.3 is 14.8 Å². The van der Waals surface area contributed by atoms with Crippen LogP contribution < -0.4 is 5.32 Å². The fourth-order valence-electron chi connectivity index (χ4n) is 3.04. The second-order valence-corrected chi connectivity index (χ2v) is 7.42. The zero-order chi connectivity index (χ0) is 18.9. The van der Waals surface area contributed by atoms with Gasteiger partial charge in [-0.15, -0.1) is 0 Å². The summed E-state index contributed by atoms with van der Waals surface area (Å²) in [5.41, 5.74) is 1.90. The summed E-state index contributed by atoms with van der Waals surface area (Å²) in [6, 6.07) is 3.61. The maximum absolute atomic E-state index is 12.6. The lowest BCUT2D eigenvalue weighted by molar-refractivity contribution is 0.101. The van der Waals surface area contributed by atoms with Crippen LogP contribution >= 0.6 is 0 Å². The Balaban J connectivity index is 1.84. The number of ether oxygens (including phenoxy) is 2. The number of carbonyl (C=O) groups is 1. The van der Waals surface area contributed by atoms with Crippen LogP contribution in [0.25, 0.3) is 0 Å². The molecule has 141 valence electrons. The second kappa shape index (κ2) is 7.20. The highest BCUT2D eigenvalue weighted by Crippen LogP contribution is 2.32. The van der Waals surface area contributed by atoms with Crippen molar-refractivity contribution in [3.8, 4) is 0 Å². The van der Waals surface area contributed by atoms with Crippen molar-refractivity contribution < 1.29 is 14.3 Å². The van der Waals surface area contributed by atoms with E-state index >= 15 is 0 Å². The Hall–Kier alpha value is -2.19. The molecule has 3 rings (SSSR count). The molecule has 0 spiro atoms. The number of amides is 1. The third-order valence-corrected chi connectivity index (χ3v) is 4.20. The van der Waals surface area contributed by atoms with E-state index in [1.165, 1.54) is 0 Å². The third kappa shape index (κ3) is 3.81. The van der Waals surface area contributed by atoms with Gasteiger partial charge in [-0.3, -0.25) is 14.2 Å². The minimum atomic E-state index is -0.258. The quantitative estimate of drug-likeness (QED) is 0.885. The van der Waals surface area contributed by atoms with Crippen molar-refractivity contribution in [1.29, 1.82) is 0 Å². The number of nitrogens with zero attached hydrogens (tertiary/aromatic N) is 4. The highest BCUT2D eigenvalue weighted by Gasteiger charge is 2.28. The van der Waals surface area contributed by atoms with Gasteiger partial charge in [0.25, 0.3) is 5.91 Å². The Bertz CT molecular complexity index is 781. The van der Waals surface area contributed by atoms with Gasteiger partial charge in [0.1, 0.15) is 5.69 Å². The normalized spacial score (nSPS) is 17.7. The first-order chi connectivity index (χ1) is 12.3. The number of hydrogen-bond acceptors (Lipinski definition) is 5. The molecule has 1 aliphatic heterocycles. The SMILES string of the molecule is COCc1cc(C(=O)Nc2cc(C3C[CH]CO3)n(C(C)(C)C)n2)n(C)n1. The van der Waals surface area contributed by atoms with Crippen LogP contribution in [0.5, 0.6) is 0 Å². The Kier molecular flexibility index (Phi) is 5.15. The molecule has 2 aromatic heterocycles. The number of nitrogens with one attached hydrogen (secondary N) is 1. The van der Waals surface area contributed by atoms with Crippen molar-refractivity contribution >= 4 is 11.7 Å². The molecule has 1 amide bonds. The Morgan fingerprint density at radius 3 is 2.77 bits per heavy atom. The summed E-state index contributed by atoms with van der Waals surface area (Å²) in [5.74, 6) is 0.247. The summed E-state index contributed by atoms with van der Waals surface area (Å²) in [5, 5.41) is 11.7. The molecular formula is C18H26N5O3. The molecule has 0 aromatic carbocycles. The Morgan fingerprint density at radius 2 is 2.15 bits per heavy atom. The zero-order valence-corrected chi connectivity index (χ0v) is 15.9. The van der Waals surface area contributed by atoms with E-state index in [2.05, 4.69) is 42.7 Å². The Labute approximate surface area is 153 Å². The number of carbonyl (C=O) groups excluding carboxylic acids is 1. The monoisotopic (exact) mass is 360 g/mol. The average molecular weight is 360 g/mol. The lowest BCUT2D eigenvalue weighted by Gasteiger charge is -2.24. The molecular weight excluding hydrogens is 334 g/mol. The van der Waals surface area contributed by atoms with E-state index in [4.69, 9.17) is 9.47 Å². The van der Waals surface area contributed by atoms with E-state index in [0.29, 0.717) is 30.4 Å². The van der Waals surface area contributed by atoms with Crippen molar-refractivity contribution in [2.24, 2.45) is 7.05 Å². The molecule has 1 fully saturated rings. The van der Waals surface area contributed by atoms with Crippen LogP contribution in [-0.2, 0) is 28.7 Å². The van der Waals surface area contributed by atoms with Crippen LogP contribution in [-0.4, -0.2) is 39.2 Å². The predicted molar refractivity (Wildman–Crippen MR) is 96.7 cm³/mol. The molecule has 1 aliphatic rings. The highest BCUT2D eigenvalue weighted by molar-refractivity contribution is 6.02. The summed E-state index contributed by atoms with van der Waals surface area (Å²) in [7, 11) is 3.33.